The lowest BCUT2D eigenvalue weighted by atomic mass is 10.1. The van der Waals surface area contributed by atoms with Crippen molar-refractivity contribution in [3.63, 3.8) is 0 Å². The van der Waals surface area contributed by atoms with E-state index in [0.717, 1.165) is 5.57 Å². The number of hydrogen-bond donors (Lipinski definition) is 0. The predicted octanol–water partition coefficient (Wildman–Crippen LogP) is 2.32. The molecule has 1 atom stereocenters. The topological polar surface area (TPSA) is 48.0 Å². The number of carbonyl (C=O) groups is 1. The Balaban J connectivity index is 1.88. The minimum Gasteiger partial charge on any atom is -0.444 e. The molecule has 0 N–H and O–H groups in total. The van der Waals surface area contributed by atoms with E-state index in [-0.39, 0.29) is 12.2 Å². The quantitative estimate of drug-likeness (QED) is 0.685. The number of amides is 1. The van der Waals surface area contributed by atoms with Crippen molar-refractivity contribution in [1.29, 1.82) is 0 Å². The van der Waals surface area contributed by atoms with Crippen LogP contribution in [0, 0.1) is 0 Å². The highest BCUT2D eigenvalue weighted by Gasteiger charge is 2.37. The highest BCUT2D eigenvalue weighted by atomic mass is 16.7. The van der Waals surface area contributed by atoms with Crippen molar-refractivity contribution >= 4 is 6.09 Å². The highest BCUT2D eigenvalue weighted by Crippen LogP contribution is 2.29. The van der Waals surface area contributed by atoms with Gasteiger partial charge in [0.1, 0.15) is 11.7 Å². The van der Waals surface area contributed by atoms with Gasteiger partial charge in [-0.25, -0.2) is 4.79 Å². The molecule has 0 radical (unpaired) electrons. The summed E-state index contributed by atoms with van der Waals surface area (Å²) in [6.07, 6.45) is 1.69. The minimum absolute atomic E-state index is 0.0533. The Hall–Kier alpha value is -1.07. The van der Waals surface area contributed by atoms with Crippen molar-refractivity contribution in [1.82, 2.24) is 4.90 Å². The zero-order chi connectivity index (χ0) is 14.3. The third-order valence-electron chi connectivity index (χ3n) is 3.02. The Labute approximate surface area is 114 Å². The summed E-state index contributed by atoms with van der Waals surface area (Å²) < 4.78 is 16.7. The van der Waals surface area contributed by atoms with Gasteiger partial charge in [0.15, 0.2) is 5.79 Å². The Morgan fingerprint density at radius 2 is 2.16 bits per heavy atom. The Morgan fingerprint density at radius 1 is 1.47 bits per heavy atom. The molecular weight excluding hydrogens is 246 g/mol. The van der Waals surface area contributed by atoms with Gasteiger partial charge in [-0.3, -0.25) is 0 Å². The molecule has 0 aromatic carbocycles. The lowest BCUT2D eigenvalue weighted by molar-refractivity contribution is -0.134. The van der Waals surface area contributed by atoms with Crippen LogP contribution in [0.25, 0.3) is 0 Å². The summed E-state index contributed by atoms with van der Waals surface area (Å²) in [5.41, 5.74) is 0.630. The monoisotopic (exact) mass is 269 g/mol. The first kappa shape index (κ1) is 14.3. The molecule has 0 aliphatic carbocycles. The average molecular weight is 269 g/mol. The van der Waals surface area contributed by atoms with Gasteiger partial charge >= 0.3 is 6.09 Å². The molecule has 5 nitrogen and oxygen atoms in total. The molecule has 1 saturated heterocycles. The van der Waals surface area contributed by atoms with Crippen LogP contribution in [-0.4, -0.2) is 48.2 Å². The summed E-state index contributed by atoms with van der Waals surface area (Å²) in [5.74, 6) is -0.537. The predicted molar refractivity (Wildman–Crippen MR) is 70.8 cm³/mol. The van der Waals surface area contributed by atoms with Gasteiger partial charge in [-0.2, -0.15) is 0 Å². The smallest absolute Gasteiger partial charge is 0.410 e. The SMILES string of the molecule is CC(C)(C)OC(=O)N1CC=C([C@@H]2COC(C)(C)O2)C1. The number of hydrogen-bond acceptors (Lipinski definition) is 4. The van der Waals surface area contributed by atoms with Gasteiger partial charge in [-0.05, 0) is 40.2 Å². The van der Waals surface area contributed by atoms with E-state index in [1.165, 1.54) is 0 Å². The van der Waals surface area contributed by atoms with Crippen molar-refractivity contribution in [3.8, 4) is 0 Å². The van der Waals surface area contributed by atoms with Gasteiger partial charge in [0, 0.05) is 13.1 Å². The molecule has 0 bridgehead atoms. The maximum absolute atomic E-state index is 11.9. The van der Waals surface area contributed by atoms with Crippen LogP contribution in [0.1, 0.15) is 34.6 Å². The summed E-state index contributed by atoms with van der Waals surface area (Å²) in [7, 11) is 0. The second kappa shape index (κ2) is 4.80. The van der Waals surface area contributed by atoms with Crippen LogP contribution in [0.5, 0.6) is 0 Å². The van der Waals surface area contributed by atoms with Crippen LogP contribution < -0.4 is 0 Å². The van der Waals surface area contributed by atoms with Crippen LogP contribution in [0.3, 0.4) is 0 Å². The summed E-state index contributed by atoms with van der Waals surface area (Å²) in [6.45, 7) is 11.1. The lowest BCUT2D eigenvalue weighted by Gasteiger charge is -2.25. The molecule has 0 aromatic rings. The molecule has 5 heteroatoms. The Bertz CT molecular complexity index is 395. The molecule has 0 spiro atoms. The van der Waals surface area contributed by atoms with Gasteiger partial charge in [0.05, 0.1) is 6.61 Å². The molecule has 2 rings (SSSR count). The normalized spacial score (nSPS) is 26.5. The molecule has 2 aliphatic rings. The fourth-order valence-electron chi connectivity index (χ4n) is 2.15. The van der Waals surface area contributed by atoms with E-state index < -0.39 is 11.4 Å². The van der Waals surface area contributed by atoms with Crippen molar-refractivity contribution in [2.45, 2.75) is 52.1 Å². The standard InChI is InChI=1S/C14H23NO4/c1-13(2,3)19-12(16)15-7-6-10(8-15)11-9-17-14(4,5)18-11/h6,11H,7-9H2,1-5H3/t11-/m0/s1. The maximum Gasteiger partial charge on any atom is 0.410 e. The van der Waals surface area contributed by atoms with Crippen LogP contribution in [0.2, 0.25) is 0 Å². The first-order chi connectivity index (χ1) is 8.66. The molecule has 1 fully saturated rings. The van der Waals surface area contributed by atoms with Gasteiger partial charge in [-0.1, -0.05) is 6.08 Å². The number of nitrogens with zero attached hydrogens (tertiary/aromatic N) is 1. The number of ether oxygens (including phenoxy) is 3. The molecule has 0 saturated carbocycles. The largest absolute Gasteiger partial charge is 0.444 e. The Kier molecular flexibility index (Phi) is 3.62. The molecular formula is C14H23NO4. The molecule has 2 aliphatic heterocycles. The number of carbonyl (C=O) groups excluding carboxylic acids is 1. The second-order valence-corrected chi connectivity index (χ2v) is 6.46. The Morgan fingerprint density at radius 3 is 2.68 bits per heavy atom. The van der Waals surface area contributed by atoms with E-state index in [2.05, 4.69) is 0 Å². The molecule has 0 aromatic heterocycles. The summed E-state index contributed by atoms with van der Waals surface area (Å²) >= 11 is 0. The fraction of sp³-hybridized carbons (Fsp3) is 0.786. The first-order valence-electron chi connectivity index (χ1n) is 6.65. The fourth-order valence-corrected chi connectivity index (χ4v) is 2.15. The van der Waals surface area contributed by atoms with E-state index >= 15 is 0 Å². The van der Waals surface area contributed by atoms with E-state index in [1.54, 1.807) is 4.90 Å². The minimum atomic E-state index is -0.537. The molecule has 1 amide bonds. The van der Waals surface area contributed by atoms with E-state index in [0.29, 0.717) is 19.7 Å². The molecule has 2 heterocycles. The van der Waals surface area contributed by atoms with Crippen molar-refractivity contribution in [3.05, 3.63) is 11.6 Å². The van der Waals surface area contributed by atoms with Gasteiger partial charge in [-0.15, -0.1) is 0 Å². The first-order valence-corrected chi connectivity index (χ1v) is 6.65. The molecule has 0 unspecified atom stereocenters. The van der Waals surface area contributed by atoms with E-state index in [9.17, 15) is 4.79 Å². The van der Waals surface area contributed by atoms with Gasteiger partial charge < -0.3 is 19.1 Å². The zero-order valence-electron chi connectivity index (χ0n) is 12.4. The maximum atomic E-state index is 11.9. The summed E-state index contributed by atoms with van der Waals surface area (Å²) in [4.78, 5) is 13.6. The van der Waals surface area contributed by atoms with Crippen molar-refractivity contribution in [2.24, 2.45) is 0 Å². The van der Waals surface area contributed by atoms with Crippen LogP contribution in [-0.2, 0) is 14.2 Å². The molecule has 19 heavy (non-hydrogen) atoms. The number of rotatable bonds is 1. The highest BCUT2D eigenvalue weighted by molar-refractivity contribution is 5.69. The van der Waals surface area contributed by atoms with Crippen molar-refractivity contribution in [2.75, 3.05) is 19.7 Å². The van der Waals surface area contributed by atoms with E-state index in [4.69, 9.17) is 14.2 Å². The van der Waals surface area contributed by atoms with Crippen molar-refractivity contribution < 1.29 is 19.0 Å². The van der Waals surface area contributed by atoms with Gasteiger partial charge in [0.25, 0.3) is 0 Å². The van der Waals surface area contributed by atoms with Crippen LogP contribution in [0.15, 0.2) is 11.6 Å². The summed E-state index contributed by atoms with van der Waals surface area (Å²) in [5, 5.41) is 0. The van der Waals surface area contributed by atoms with Crippen LogP contribution >= 0.6 is 0 Å². The van der Waals surface area contributed by atoms with Gasteiger partial charge in [0.2, 0.25) is 0 Å². The third-order valence-corrected chi connectivity index (χ3v) is 3.02. The lowest BCUT2D eigenvalue weighted by Crippen LogP contribution is -2.36. The third kappa shape index (κ3) is 3.70. The molecule has 108 valence electrons. The van der Waals surface area contributed by atoms with Crippen LogP contribution in [0.4, 0.5) is 4.79 Å². The second-order valence-electron chi connectivity index (χ2n) is 6.46. The average Bonchev–Trinajstić information content (AvgIpc) is 2.81. The van der Waals surface area contributed by atoms with E-state index in [1.807, 2.05) is 40.7 Å². The summed E-state index contributed by atoms with van der Waals surface area (Å²) in [6, 6.07) is 0. The zero-order valence-corrected chi connectivity index (χ0v) is 12.4.